The first-order valence-electron chi connectivity index (χ1n) is 16.6. The molecule has 10 rings (SSSR count). The van der Waals surface area contributed by atoms with Crippen molar-refractivity contribution in [1.82, 2.24) is 35.4 Å². The van der Waals surface area contributed by atoms with Gasteiger partial charge in [-0.15, -0.1) is 0 Å². The van der Waals surface area contributed by atoms with Crippen molar-refractivity contribution >= 4 is 45.3 Å². The van der Waals surface area contributed by atoms with E-state index >= 15 is 4.39 Å². The number of pyridine rings is 1. The number of piperidine rings is 1. The third-order valence-corrected chi connectivity index (χ3v) is 11.2. The maximum absolute atomic E-state index is 17.1. The number of alkyl carbamates (subject to hydrolysis) is 1. The van der Waals surface area contributed by atoms with Crippen LogP contribution in [0.3, 0.4) is 0 Å². The number of aromatic amines is 1. The molecule has 4 fully saturated rings. The Bertz CT molecular complexity index is 1910. The van der Waals surface area contributed by atoms with E-state index in [9.17, 15) is 9.18 Å². The van der Waals surface area contributed by atoms with E-state index in [2.05, 4.69) is 25.4 Å². The van der Waals surface area contributed by atoms with Gasteiger partial charge in [0.05, 0.1) is 29.2 Å². The topological polar surface area (TPSA) is 121 Å². The van der Waals surface area contributed by atoms with Gasteiger partial charge in [0.2, 0.25) is 0 Å². The Morgan fingerprint density at radius 1 is 1.15 bits per heavy atom. The molecule has 0 radical (unpaired) electrons. The lowest BCUT2D eigenvalue weighted by atomic mass is 9.94. The van der Waals surface area contributed by atoms with Crippen molar-refractivity contribution in [3.63, 3.8) is 0 Å². The highest BCUT2D eigenvalue weighted by molar-refractivity contribution is 6.33. The summed E-state index contributed by atoms with van der Waals surface area (Å²) in [5.41, 5.74) is 1.85. The molecule has 4 aromatic rings. The number of alkyl halides is 1. The van der Waals surface area contributed by atoms with Crippen LogP contribution in [0.1, 0.15) is 56.4 Å². The van der Waals surface area contributed by atoms with E-state index in [0.717, 1.165) is 44.2 Å². The quantitative estimate of drug-likeness (QED) is 0.292. The van der Waals surface area contributed by atoms with Gasteiger partial charge in [-0.3, -0.25) is 15.0 Å². The number of halogens is 3. The van der Waals surface area contributed by atoms with Crippen LogP contribution in [-0.4, -0.2) is 93.3 Å². The van der Waals surface area contributed by atoms with E-state index in [4.69, 9.17) is 31.0 Å². The molecule has 5 atom stereocenters. The zero-order valence-corrected chi connectivity index (χ0v) is 26.5. The summed E-state index contributed by atoms with van der Waals surface area (Å²) in [6.07, 6.45) is 7.18. The fourth-order valence-electron chi connectivity index (χ4n) is 8.56. The lowest BCUT2D eigenvalue weighted by Gasteiger charge is -2.34. The Morgan fingerprint density at radius 3 is 2.98 bits per heavy atom. The van der Waals surface area contributed by atoms with Crippen molar-refractivity contribution in [2.24, 2.45) is 5.92 Å². The molecule has 246 valence electrons. The van der Waals surface area contributed by atoms with Crippen LogP contribution in [0.5, 0.6) is 6.01 Å². The first-order valence-corrected chi connectivity index (χ1v) is 17.0. The van der Waals surface area contributed by atoms with E-state index in [0.29, 0.717) is 65.2 Å². The van der Waals surface area contributed by atoms with Gasteiger partial charge in [0, 0.05) is 54.3 Å². The highest BCUT2D eigenvalue weighted by Crippen LogP contribution is 2.56. The second-order valence-electron chi connectivity index (χ2n) is 13.8. The average molecular weight is 665 g/mol. The van der Waals surface area contributed by atoms with E-state index in [1.807, 2.05) is 11.0 Å². The average Bonchev–Trinajstić information content (AvgIpc) is 3.31. The minimum atomic E-state index is -0.906. The van der Waals surface area contributed by atoms with Gasteiger partial charge >= 0.3 is 12.1 Å². The summed E-state index contributed by atoms with van der Waals surface area (Å²) < 4.78 is 43.6. The van der Waals surface area contributed by atoms with Crippen LogP contribution < -0.4 is 15.0 Å². The molecule has 2 N–H and O–H groups in total. The number of carbonyl (C=O) groups excluding carboxylic acids is 1. The Labute approximate surface area is 274 Å². The Balaban J connectivity index is 1.21. The molecule has 14 heteroatoms. The third kappa shape index (κ3) is 4.95. The summed E-state index contributed by atoms with van der Waals surface area (Å²) >= 11 is 6.92. The molecule has 0 unspecified atom stereocenters. The third-order valence-electron chi connectivity index (χ3n) is 10.9. The number of anilines is 1. The lowest BCUT2D eigenvalue weighted by molar-refractivity contribution is 0.107. The number of amides is 1. The van der Waals surface area contributed by atoms with Crippen molar-refractivity contribution in [3.05, 3.63) is 34.9 Å². The number of hydrogen-bond acceptors (Lipinski definition) is 9. The molecule has 3 aromatic heterocycles. The standard InChI is InChI=1S/C33H35ClF2N8O3/c34-23-10-24-21(13-38-42-24)26-25(23)20-9-17(20)4-8-46-32(45)39-19-3-1-6-43(15-19)30-22-12-37-29(26)27(36)28(22)40-31(41-30)47-16-33-5-2-7-44(33)14-18(35)11-33/h10,12-13,17-20H,1-9,11,14-16H2,(H,38,42)(H,39,45)/t17-,18-,19-,20+,33+/m1/s1. The zero-order valence-electron chi connectivity index (χ0n) is 25.8. The molecular weight excluding hydrogens is 630 g/mol. The summed E-state index contributed by atoms with van der Waals surface area (Å²) in [4.78, 5) is 31.2. The second kappa shape index (κ2) is 11.1. The van der Waals surface area contributed by atoms with Gasteiger partial charge in [0.1, 0.15) is 29.8 Å². The number of nitrogens with one attached hydrogen (secondary N) is 2. The van der Waals surface area contributed by atoms with Gasteiger partial charge in [0.25, 0.3) is 0 Å². The van der Waals surface area contributed by atoms with Gasteiger partial charge in [-0.25, -0.2) is 13.6 Å². The maximum Gasteiger partial charge on any atom is 0.407 e. The van der Waals surface area contributed by atoms with E-state index < -0.39 is 23.6 Å². The number of benzene rings is 1. The molecule has 11 nitrogen and oxygen atoms in total. The van der Waals surface area contributed by atoms with Crippen molar-refractivity contribution in [2.45, 2.75) is 68.6 Å². The molecule has 1 aromatic carbocycles. The highest BCUT2D eigenvalue weighted by Gasteiger charge is 2.49. The predicted octanol–water partition coefficient (Wildman–Crippen LogP) is 5.52. The molecule has 1 amide bonds. The summed E-state index contributed by atoms with van der Waals surface area (Å²) in [5, 5.41) is 11.9. The number of rotatable bonds is 3. The Hall–Kier alpha value is -3.84. The number of ether oxygens (including phenoxy) is 2. The van der Waals surface area contributed by atoms with Crippen LogP contribution in [0, 0.1) is 11.7 Å². The summed E-state index contributed by atoms with van der Waals surface area (Å²) in [7, 11) is 0. The SMILES string of the molecule is O=C1N[C@@H]2CCCN(C2)c2nc(OC[C@@]34CCCN3C[C@H](F)C4)nc3c(F)c(ncc23)-c2c(c(Cl)cc3[nH]ncc23)[C@H]2C[C@H]2CCO1. The number of H-pyrrole nitrogens is 1. The summed E-state index contributed by atoms with van der Waals surface area (Å²) in [6, 6.07) is 1.66. The number of fused-ring (bicyclic) bond motifs is 7. The minimum Gasteiger partial charge on any atom is -0.461 e. The van der Waals surface area contributed by atoms with Crippen LogP contribution in [-0.2, 0) is 4.74 Å². The van der Waals surface area contributed by atoms with Crippen molar-refractivity contribution in [1.29, 1.82) is 0 Å². The molecule has 6 aliphatic rings. The van der Waals surface area contributed by atoms with Crippen LogP contribution in [0.4, 0.5) is 19.4 Å². The van der Waals surface area contributed by atoms with E-state index in [1.54, 1.807) is 12.4 Å². The molecule has 8 heterocycles. The monoisotopic (exact) mass is 664 g/mol. The fraction of sp³-hybridized carbons (Fsp3) is 0.545. The molecule has 3 saturated heterocycles. The van der Waals surface area contributed by atoms with Gasteiger partial charge in [-0.2, -0.15) is 15.1 Å². The number of aromatic nitrogens is 5. The van der Waals surface area contributed by atoms with Crippen LogP contribution >= 0.6 is 11.6 Å². The molecule has 1 aliphatic carbocycles. The van der Waals surface area contributed by atoms with E-state index in [-0.39, 0.29) is 48.3 Å². The predicted molar refractivity (Wildman–Crippen MR) is 171 cm³/mol. The van der Waals surface area contributed by atoms with Gasteiger partial charge in [0.15, 0.2) is 5.82 Å². The van der Waals surface area contributed by atoms with Crippen LogP contribution in [0.15, 0.2) is 18.5 Å². The first-order chi connectivity index (χ1) is 22.9. The number of nitrogens with zero attached hydrogens (tertiary/aromatic N) is 6. The Kier molecular flexibility index (Phi) is 6.93. The fourth-order valence-corrected chi connectivity index (χ4v) is 8.90. The van der Waals surface area contributed by atoms with E-state index in [1.165, 1.54) is 0 Å². The minimum absolute atomic E-state index is 0.0292. The van der Waals surface area contributed by atoms with Gasteiger partial charge in [-0.05, 0) is 68.5 Å². The van der Waals surface area contributed by atoms with Gasteiger partial charge < -0.3 is 19.7 Å². The smallest absolute Gasteiger partial charge is 0.407 e. The Morgan fingerprint density at radius 2 is 2.06 bits per heavy atom. The maximum atomic E-state index is 17.1. The molecule has 5 aliphatic heterocycles. The molecule has 47 heavy (non-hydrogen) atoms. The summed E-state index contributed by atoms with van der Waals surface area (Å²) in [6.45, 7) is 2.80. The second-order valence-corrected chi connectivity index (χ2v) is 14.2. The van der Waals surface area contributed by atoms with Gasteiger partial charge in [-0.1, -0.05) is 11.6 Å². The van der Waals surface area contributed by atoms with Crippen molar-refractivity contribution < 1.29 is 23.0 Å². The molecular formula is C33H35ClF2N8O3. The lowest BCUT2D eigenvalue weighted by Crippen LogP contribution is -2.48. The number of carbonyl (C=O) groups is 1. The molecule has 6 bridgehead atoms. The first kappa shape index (κ1) is 29.3. The van der Waals surface area contributed by atoms with Crippen molar-refractivity contribution in [3.8, 4) is 17.3 Å². The van der Waals surface area contributed by atoms with Crippen LogP contribution in [0.25, 0.3) is 33.1 Å². The molecule has 0 spiro atoms. The normalized spacial score (nSPS) is 29.0. The highest BCUT2D eigenvalue weighted by atomic mass is 35.5. The molecule has 1 saturated carbocycles. The number of hydrogen-bond donors (Lipinski definition) is 2. The zero-order chi connectivity index (χ0) is 31.9. The van der Waals surface area contributed by atoms with Crippen molar-refractivity contribution in [2.75, 3.05) is 44.3 Å². The van der Waals surface area contributed by atoms with Crippen LogP contribution in [0.2, 0.25) is 5.02 Å². The summed E-state index contributed by atoms with van der Waals surface area (Å²) in [5.74, 6) is 0.139. The largest absolute Gasteiger partial charge is 0.461 e.